The van der Waals surface area contributed by atoms with E-state index in [1.165, 1.54) is 58.1 Å². The number of hydrogen-bond acceptors (Lipinski definition) is 3. The van der Waals surface area contributed by atoms with E-state index < -0.39 is 0 Å². The van der Waals surface area contributed by atoms with Gasteiger partial charge in [-0.15, -0.1) is 11.3 Å². The minimum absolute atomic E-state index is 0.662. The SMILES string of the molecule is c1ccc(-c2nc(-n3c4cc5ccccc5cc4c4cccc(-c5cccc6c5sc5ccc7ccccc7c56)c43)nc3c2ccc2ccccc23)cc1. The zero-order valence-electron chi connectivity index (χ0n) is 29.0. The minimum atomic E-state index is 0.662. The Balaban J connectivity index is 1.25. The third-order valence-corrected chi connectivity index (χ3v) is 12.4. The van der Waals surface area contributed by atoms with E-state index >= 15 is 0 Å². The van der Waals surface area contributed by atoms with Crippen LogP contribution in [0.15, 0.2) is 176 Å². The van der Waals surface area contributed by atoms with Gasteiger partial charge in [-0.25, -0.2) is 9.97 Å². The first-order valence-electron chi connectivity index (χ1n) is 18.3. The Kier molecular flexibility index (Phi) is 6.21. The molecule has 12 aromatic rings. The van der Waals surface area contributed by atoms with Crippen molar-refractivity contribution in [1.29, 1.82) is 0 Å². The number of para-hydroxylation sites is 1. The van der Waals surface area contributed by atoms with Crippen LogP contribution in [-0.4, -0.2) is 14.5 Å². The molecule has 0 atom stereocenters. The summed E-state index contributed by atoms with van der Waals surface area (Å²) in [4.78, 5) is 11.1. The van der Waals surface area contributed by atoms with Gasteiger partial charge >= 0.3 is 0 Å². The highest BCUT2D eigenvalue weighted by atomic mass is 32.1. The van der Waals surface area contributed by atoms with E-state index in [0.29, 0.717) is 5.95 Å². The Hall–Kier alpha value is -6.88. The molecule has 3 aromatic heterocycles. The van der Waals surface area contributed by atoms with Crippen LogP contribution in [-0.2, 0) is 0 Å². The van der Waals surface area contributed by atoms with Crippen LogP contribution in [0.2, 0.25) is 0 Å². The molecule has 0 aliphatic heterocycles. The first kappa shape index (κ1) is 29.7. The van der Waals surface area contributed by atoms with Crippen LogP contribution in [0, 0.1) is 0 Å². The molecule has 54 heavy (non-hydrogen) atoms. The standard InChI is InChI=1S/C50H29N3S/c1-2-14-32(15-3-1)46-41-26-24-31-13-7-9-19-36(31)47(41)52-50(51-46)53-43-29-34-17-5-4-16-33(34)28-42(43)38-21-10-20-37(48(38)53)39-22-11-23-40-45-35-18-8-6-12-30(35)25-27-44(45)54-49(39)40/h1-29H. The van der Waals surface area contributed by atoms with E-state index in [-0.39, 0.29) is 0 Å². The van der Waals surface area contributed by atoms with E-state index in [0.717, 1.165) is 49.5 Å². The molecule has 9 aromatic carbocycles. The molecule has 0 fully saturated rings. The fourth-order valence-corrected chi connectivity index (χ4v) is 9.97. The van der Waals surface area contributed by atoms with Gasteiger partial charge in [0.15, 0.2) is 0 Å². The van der Waals surface area contributed by atoms with Crippen LogP contribution in [0.4, 0.5) is 0 Å². The van der Waals surface area contributed by atoms with Crippen molar-refractivity contribution in [2.75, 3.05) is 0 Å². The minimum Gasteiger partial charge on any atom is -0.277 e. The van der Waals surface area contributed by atoms with E-state index in [9.17, 15) is 0 Å². The van der Waals surface area contributed by atoms with Gasteiger partial charge in [0.2, 0.25) is 5.95 Å². The molecule has 0 radical (unpaired) electrons. The van der Waals surface area contributed by atoms with E-state index in [2.05, 4.69) is 180 Å². The van der Waals surface area contributed by atoms with Crippen molar-refractivity contribution in [3.05, 3.63) is 176 Å². The van der Waals surface area contributed by atoms with Gasteiger partial charge in [0, 0.05) is 58.4 Å². The van der Waals surface area contributed by atoms with Crippen molar-refractivity contribution in [1.82, 2.24) is 14.5 Å². The lowest BCUT2D eigenvalue weighted by molar-refractivity contribution is 1.02. The zero-order valence-corrected chi connectivity index (χ0v) is 29.8. The van der Waals surface area contributed by atoms with Gasteiger partial charge in [-0.3, -0.25) is 4.57 Å². The molecule has 250 valence electrons. The van der Waals surface area contributed by atoms with Gasteiger partial charge in [-0.1, -0.05) is 152 Å². The zero-order chi connectivity index (χ0) is 35.3. The number of aromatic nitrogens is 3. The van der Waals surface area contributed by atoms with Crippen LogP contribution < -0.4 is 0 Å². The Morgan fingerprint density at radius 3 is 1.91 bits per heavy atom. The molecule has 0 aliphatic carbocycles. The van der Waals surface area contributed by atoms with Crippen molar-refractivity contribution < 1.29 is 0 Å². The first-order chi connectivity index (χ1) is 26.8. The predicted molar refractivity (Wildman–Crippen MR) is 230 cm³/mol. The van der Waals surface area contributed by atoms with Gasteiger partial charge in [-0.2, -0.15) is 0 Å². The second kappa shape index (κ2) is 11.3. The molecule has 0 N–H and O–H groups in total. The van der Waals surface area contributed by atoms with Crippen molar-refractivity contribution in [3.8, 4) is 28.3 Å². The monoisotopic (exact) mass is 703 g/mol. The summed E-state index contributed by atoms with van der Waals surface area (Å²) >= 11 is 1.88. The molecule has 12 rings (SSSR count). The van der Waals surface area contributed by atoms with Gasteiger partial charge in [0.25, 0.3) is 0 Å². The molecule has 0 bridgehead atoms. The summed E-state index contributed by atoms with van der Waals surface area (Å²) in [6.45, 7) is 0. The van der Waals surface area contributed by atoms with Gasteiger partial charge in [0.1, 0.15) is 0 Å². The lowest BCUT2D eigenvalue weighted by Crippen LogP contribution is -2.04. The first-order valence-corrected chi connectivity index (χ1v) is 19.1. The summed E-state index contributed by atoms with van der Waals surface area (Å²) in [5.74, 6) is 0.662. The summed E-state index contributed by atoms with van der Waals surface area (Å²) in [5.41, 5.74) is 7.51. The molecule has 0 unspecified atom stereocenters. The van der Waals surface area contributed by atoms with Gasteiger partial charge in [0.05, 0.1) is 22.2 Å². The normalized spacial score (nSPS) is 12.1. The molecule has 4 heteroatoms. The molecular weight excluding hydrogens is 675 g/mol. The largest absolute Gasteiger partial charge is 0.277 e. The van der Waals surface area contributed by atoms with Crippen molar-refractivity contribution in [2.24, 2.45) is 0 Å². The fraction of sp³-hybridized carbons (Fsp3) is 0. The van der Waals surface area contributed by atoms with Crippen LogP contribution in [0.25, 0.3) is 114 Å². The summed E-state index contributed by atoms with van der Waals surface area (Å²) < 4.78 is 4.92. The average molecular weight is 704 g/mol. The number of fused-ring (bicyclic) bond motifs is 12. The van der Waals surface area contributed by atoms with Crippen molar-refractivity contribution >= 4 is 96.5 Å². The predicted octanol–water partition coefficient (Wildman–Crippen LogP) is 13.9. The third-order valence-electron chi connectivity index (χ3n) is 11.2. The number of hydrogen-bond donors (Lipinski definition) is 0. The molecule has 3 nitrogen and oxygen atoms in total. The maximum atomic E-state index is 5.53. The van der Waals surface area contributed by atoms with Crippen LogP contribution in [0.1, 0.15) is 0 Å². The molecule has 0 saturated heterocycles. The maximum absolute atomic E-state index is 5.53. The smallest absolute Gasteiger partial charge is 0.235 e. The quantitative estimate of drug-likeness (QED) is 0.172. The Morgan fingerprint density at radius 2 is 1.07 bits per heavy atom. The Bertz CT molecular complexity index is 3500. The number of nitrogens with zero attached hydrogens (tertiary/aromatic N) is 3. The van der Waals surface area contributed by atoms with Crippen molar-refractivity contribution in [2.45, 2.75) is 0 Å². The Labute approximate surface area is 314 Å². The van der Waals surface area contributed by atoms with Crippen LogP contribution in [0.3, 0.4) is 0 Å². The second-order valence-electron chi connectivity index (χ2n) is 14.1. The summed E-state index contributed by atoms with van der Waals surface area (Å²) in [6, 6.07) is 63.6. The molecule has 0 saturated carbocycles. The van der Waals surface area contributed by atoms with Crippen molar-refractivity contribution in [3.63, 3.8) is 0 Å². The third kappa shape index (κ3) is 4.23. The van der Waals surface area contributed by atoms with Crippen LogP contribution >= 0.6 is 11.3 Å². The molecule has 0 amide bonds. The number of benzene rings is 9. The topological polar surface area (TPSA) is 30.7 Å². The second-order valence-corrected chi connectivity index (χ2v) is 15.2. The highest BCUT2D eigenvalue weighted by Gasteiger charge is 2.23. The molecule has 3 heterocycles. The van der Waals surface area contributed by atoms with E-state index in [1.54, 1.807) is 0 Å². The maximum Gasteiger partial charge on any atom is 0.235 e. The summed E-state index contributed by atoms with van der Waals surface area (Å²) in [5, 5.41) is 13.2. The lowest BCUT2D eigenvalue weighted by Gasteiger charge is -2.15. The summed E-state index contributed by atoms with van der Waals surface area (Å²) in [7, 11) is 0. The molecule has 0 spiro atoms. The molecular formula is C50H29N3S. The number of thiophene rings is 1. The van der Waals surface area contributed by atoms with E-state index in [4.69, 9.17) is 9.97 Å². The number of rotatable bonds is 3. The van der Waals surface area contributed by atoms with Crippen LogP contribution in [0.5, 0.6) is 0 Å². The van der Waals surface area contributed by atoms with Gasteiger partial charge in [-0.05, 0) is 51.2 Å². The van der Waals surface area contributed by atoms with E-state index in [1.807, 2.05) is 11.3 Å². The summed E-state index contributed by atoms with van der Waals surface area (Å²) in [6.07, 6.45) is 0. The highest BCUT2D eigenvalue weighted by Crippen LogP contribution is 2.46. The fourth-order valence-electron chi connectivity index (χ4n) is 8.72. The lowest BCUT2D eigenvalue weighted by atomic mass is 9.98. The van der Waals surface area contributed by atoms with Gasteiger partial charge < -0.3 is 0 Å². The average Bonchev–Trinajstić information content (AvgIpc) is 3.78. The highest BCUT2D eigenvalue weighted by molar-refractivity contribution is 7.26. The Morgan fingerprint density at radius 1 is 0.426 bits per heavy atom. The molecule has 0 aliphatic rings.